The van der Waals surface area contributed by atoms with Crippen LogP contribution in [0.15, 0.2) is 18.5 Å². The number of aromatic nitrogens is 3. The topological polar surface area (TPSA) is 115 Å². The number of rotatable bonds is 5. The maximum atomic E-state index is 12.6. The molecule has 2 aromatic rings. The Bertz CT molecular complexity index is 759. The van der Waals surface area contributed by atoms with Gasteiger partial charge in [-0.05, 0) is 13.3 Å². The smallest absolute Gasteiger partial charge is 0.329 e. The van der Waals surface area contributed by atoms with E-state index in [0.717, 1.165) is 0 Å². The van der Waals surface area contributed by atoms with Gasteiger partial charge < -0.3 is 19.9 Å². The lowest BCUT2D eigenvalue weighted by atomic mass is 10.1. The van der Waals surface area contributed by atoms with Crippen LogP contribution in [0.5, 0.6) is 0 Å². The molecule has 1 aliphatic heterocycles. The van der Waals surface area contributed by atoms with Gasteiger partial charge in [0.2, 0.25) is 0 Å². The lowest BCUT2D eigenvalue weighted by molar-refractivity contribution is -0.147. The van der Waals surface area contributed by atoms with Crippen molar-refractivity contribution >= 4 is 17.5 Å². The van der Waals surface area contributed by atoms with Crippen LogP contribution in [-0.2, 0) is 14.3 Å². The fourth-order valence-corrected chi connectivity index (χ4v) is 2.69. The average molecular weight is 334 g/mol. The number of ether oxygens (including phenoxy) is 2. The van der Waals surface area contributed by atoms with Crippen LogP contribution in [0.25, 0.3) is 5.65 Å². The third-order valence-electron chi connectivity index (χ3n) is 3.93. The van der Waals surface area contributed by atoms with Crippen molar-refractivity contribution in [3.05, 3.63) is 29.7 Å². The summed E-state index contributed by atoms with van der Waals surface area (Å²) < 4.78 is 12.3. The first-order valence-electron chi connectivity index (χ1n) is 7.57. The van der Waals surface area contributed by atoms with Crippen LogP contribution in [0.2, 0.25) is 0 Å². The molecule has 2 atom stereocenters. The van der Waals surface area contributed by atoms with Crippen LogP contribution in [0.4, 0.5) is 0 Å². The van der Waals surface area contributed by atoms with Crippen LogP contribution < -0.4 is 5.32 Å². The van der Waals surface area contributed by atoms with Gasteiger partial charge in [0.05, 0.1) is 36.2 Å². The van der Waals surface area contributed by atoms with E-state index in [1.54, 1.807) is 23.7 Å². The SMILES string of the molecule is Cc1c(C(=O)N[C@@H]2COCC[C@@H]2OCC(=O)O)cnc2ccnn12. The van der Waals surface area contributed by atoms with Crippen molar-refractivity contribution in [2.75, 3.05) is 19.8 Å². The normalized spacial score (nSPS) is 20.9. The average Bonchev–Trinajstić information content (AvgIpc) is 3.03. The number of hydrogen-bond acceptors (Lipinski definition) is 6. The molecule has 3 heterocycles. The number of aryl methyl sites for hydroxylation is 1. The van der Waals surface area contributed by atoms with Crippen molar-refractivity contribution < 1.29 is 24.2 Å². The molecule has 0 aliphatic carbocycles. The van der Waals surface area contributed by atoms with Gasteiger partial charge in [-0.3, -0.25) is 4.79 Å². The largest absolute Gasteiger partial charge is 0.480 e. The summed E-state index contributed by atoms with van der Waals surface area (Å²) in [6, 6.07) is 1.33. The summed E-state index contributed by atoms with van der Waals surface area (Å²) in [7, 11) is 0. The molecule has 24 heavy (non-hydrogen) atoms. The number of carboxylic acid groups (broad SMARTS) is 1. The molecule has 9 heteroatoms. The van der Waals surface area contributed by atoms with Crippen molar-refractivity contribution in [3.63, 3.8) is 0 Å². The minimum Gasteiger partial charge on any atom is -0.480 e. The van der Waals surface area contributed by atoms with E-state index in [-0.39, 0.29) is 12.5 Å². The number of carbonyl (C=O) groups is 2. The Labute approximate surface area is 137 Å². The predicted octanol–water partition coefficient (Wildman–Crippen LogP) is 0.0262. The Balaban J connectivity index is 1.73. The summed E-state index contributed by atoms with van der Waals surface area (Å²) in [5.41, 5.74) is 1.73. The molecule has 0 saturated carbocycles. The fraction of sp³-hybridized carbons (Fsp3) is 0.467. The molecule has 2 aromatic heterocycles. The number of carbonyl (C=O) groups excluding carboxylic acids is 1. The van der Waals surface area contributed by atoms with Gasteiger partial charge in [-0.15, -0.1) is 0 Å². The zero-order valence-electron chi connectivity index (χ0n) is 13.1. The molecule has 2 N–H and O–H groups in total. The van der Waals surface area contributed by atoms with Crippen LogP contribution in [0, 0.1) is 6.92 Å². The highest BCUT2D eigenvalue weighted by atomic mass is 16.5. The van der Waals surface area contributed by atoms with Crippen molar-refractivity contribution in [3.8, 4) is 0 Å². The highest BCUT2D eigenvalue weighted by molar-refractivity contribution is 5.95. The number of fused-ring (bicyclic) bond motifs is 1. The monoisotopic (exact) mass is 334 g/mol. The molecule has 9 nitrogen and oxygen atoms in total. The zero-order chi connectivity index (χ0) is 17.1. The van der Waals surface area contributed by atoms with Gasteiger partial charge in [0.15, 0.2) is 5.65 Å². The van der Waals surface area contributed by atoms with Crippen molar-refractivity contribution in [1.82, 2.24) is 19.9 Å². The highest BCUT2D eigenvalue weighted by Gasteiger charge is 2.29. The first-order chi connectivity index (χ1) is 11.6. The molecule has 0 radical (unpaired) electrons. The fourth-order valence-electron chi connectivity index (χ4n) is 2.69. The van der Waals surface area contributed by atoms with E-state index >= 15 is 0 Å². The molecule has 0 aromatic carbocycles. The van der Waals surface area contributed by atoms with E-state index in [1.165, 1.54) is 6.20 Å². The number of aliphatic carboxylic acids is 1. The van der Waals surface area contributed by atoms with Crippen LogP contribution in [0.1, 0.15) is 22.5 Å². The minimum absolute atomic E-state index is 0.270. The van der Waals surface area contributed by atoms with Crippen LogP contribution in [0.3, 0.4) is 0 Å². The Kier molecular flexibility index (Phi) is 4.72. The molecule has 3 rings (SSSR count). The molecule has 0 bridgehead atoms. The van der Waals surface area contributed by atoms with Crippen LogP contribution >= 0.6 is 0 Å². The van der Waals surface area contributed by atoms with Crippen LogP contribution in [-0.4, -0.2) is 63.5 Å². The summed E-state index contributed by atoms with van der Waals surface area (Å²) in [4.78, 5) is 27.4. The lowest BCUT2D eigenvalue weighted by Gasteiger charge is -2.31. The lowest BCUT2D eigenvalue weighted by Crippen LogP contribution is -2.51. The van der Waals surface area contributed by atoms with E-state index in [2.05, 4.69) is 15.4 Å². The molecule has 1 fully saturated rings. The Morgan fingerprint density at radius 1 is 1.54 bits per heavy atom. The van der Waals surface area contributed by atoms with Gasteiger partial charge in [0.25, 0.3) is 5.91 Å². The van der Waals surface area contributed by atoms with E-state index < -0.39 is 24.7 Å². The molecule has 0 spiro atoms. The predicted molar refractivity (Wildman–Crippen MR) is 81.8 cm³/mol. The van der Waals surface area contributed by atoms with Gasteiger partial charge in [-0.2, -0.15) is 5.10 Å². The van der Waals surface area contributed by atoms with E-state index in [4.69, 9.17) is 14.6 Å². The molecule has 1 aliphatic rings. The van der Waals surface area contributed by atoms with E-state index in [0.29, 0.717) is 29.9 Å². The second kappa shape index (κ2) is 6.93. The summed E-state index contributed by atoms with van der Waals surface area (Å²) in [5.74, 6) is -1.37. The number of nitrogens with zero attached hydrogens (tertiary/aromatic N) is 3. The van der Waals surface area contributed by atoms with Gasteiger partial charge in [0, 0.05) is 18.9 Å². The van der Waals surface area contributed by atoms with Gasteiger partial charge in [0.1, 0.15) is 6.61 Å². The highest BCUT2D eigenvalue weighted by Crippen LogP contribution is 2.14. The molecule has 1 saturated heterocycles. The number of carboxylic acids is 1. The number of hydrogen-bond donors (Lipinski definition) is 2. The Morgan fingerprint density at radius 2 is 2.38 bits per heavy atom. The van der Waals surface area contributed by atoms with E-state index in [9.17, 15) is 9.59 Å². The molecular weight excluding hydrogens is 316 g/mol. The summed E-state index contributed by atoms with van der Waals surface area (Å²) in [5, 5.41) is 15.7. The molecule has 1 amide bonds. The molecule has 0 unspecified atom stereocenters. The Hall–Kier alpha value is -2.52. The zero-order valence-corrected chi connectivity index (χ0v) is 13.1. The quantitative estimate of drug-likeness (QED) is 0.792. The maximum Gasteiger partial charge on any atom is 0.329 e. The van der Waals surface area contributed by atoms with Gasteiger partial charge >= 0.3 is 5.97 Å². The van der Waals surface area contributed by atoms with Crippen molar-refractivity contribution in [2.24, 2.45) is 0 Å². The number of amides is 1. The first kappa shape index (κ1) is 16.3. The summed E-state index contributed by atoms with van der Waals surface area (Å²) in [6.45, 7) is 2.12. The number of nitrogens with one attached hydrogen (secondary N) is 1. The maximum absolute atomic E-state index is 12.6. The Morgan fingerprint density at radius 3 is 3.17 bits per heavy atom. The second-order valence-corrected chi connectivity index (χ2v) is 5.55. The first-order valence-corrected chi connectivity index (χ1v) is 7.57. The summed E-state index contributed by atoms with van der Waals surface area (Å²) in [6.07, 6.45) is 3.23. The molecular formula is C15H18N4O5. The standard InChI is InChI=1S/C15H18N4O5/c1-9-10(6-16-13-2-4-17-19(9)13)15(22)18-11-7-23-5-3-12(11)24-8-14(20)21/h2,4,6,11-12H,3,5,7-8H2,1H3,(H,18,22)(H,20,21)/t11-,12+/m1/s1. The molecule has 128 valence electrons. The van der Waals surface area contributed by atoms with Crippen molar-refractivity contribution in [1.29, 1.82) is 0 Å². The van der Waals surface area contributed by atoms with E-state index in [1.807, 2.05) is 0 Å². The van der Waals surface area contributed by atoms with Crippen molar-refractivity contribution in [2.45, 2.75) is 25.5 Å². The minimum atomic E-state index is -1.05. The third kappa shape index (κ3) is 3.36. The third-order valence-corrected chi connectivity index (χ3v) is 3.93. The van der Waals surface area contributed by atoms with Gasteiger partial charge in [-0.25, -0.2) is 14.3 Å². The van der Waals surface area contributed by atoms with Gasteiger partial charge in [-0.1, -0.05) is 0 Å². The second-order valence-electron chi connectivity index (χ2n) is 5.55. The summed E-state index contributed by atoms with van der Waals surface area (Å²) >= 11 is 0.